The van der Waals surface area contributed by atoms with Gasteiger partial charge >= 0.3 is 0 Å². The third kappa shape index (κ3) is 1.79. The fourth-order valence-electron chi connectivity index (χ4n) is 2.48. The number of nitrogen functional groups attached to an aromatic ring is 2. The van der Waals surface area contributed by atoms with Crippen LogP contribution in [0.25, 0.3) is 11.0 Å². The maximum absolute atomic E-state index is 10.0. The van der Waals surface area contributed by atoms with Gasteiger partial charge in [0, 0.05) is 11.8 Å². The smallest absolute Gasteiger partial charge is 0.223 e. The van der Waals surface area contributed by atoms with Crippen LogP contribution in [-0.4, -0.2) is 55.2 Å². The summed E-state index contributed by atoms with van der Waals surface area (Å²) in [5, 5.41) is 29.4. The van der Waals surface area contributed by atoms with Crippen LogP contribution >= 0.6 is 0 Å². The Balaban J connectivity index is 2.07. The molecule has 1 fully saturated rings. The molecule has 1 aliphatic rings. The van der Waals surface area contributed by atoms with E-state index in [2.05, 4.69) is 15.0 Å². The van der Waals surface area contributed by atoms with Gasteiger partial charge in [0.2, 0.25) is 5.95 Å². The van der Waals surface area contributed by atoms with Gasteiger partial charge in [0.05, 0.1) is 12.0 Å². The summed E-state index contributed by atoms with van der Waals surface area (Å²) >= 11 is 0. The standard InChI is InChI=1S/C11H15N5O4/c12-9-5-3(1-14-10(5)16-11(13)15-9)8-7(19)6(18)4(2-17)20-8/h1,4,6-8,17-19H,2H2,(H5,12,13,14,15,16)/t4-,6-,7+,8+/m1/s1. The van der Waals surface area contributed by atoms with Crippen molar-refractivity contribution in [1.29, 1.82) is 0 Å². The van der Waals surface area contributed by atoms with Gasteiger partial charge in [-0.3, -0.25) is 0 Å². The molecule has 1 aliphatic heterocycles. The lowest BCUT2D eigenvalue weighted by atomic mass is 10.0. The summed E-state index contributed by atoms with van der Waals surface area (Å²) in [7, 11) is 0. The molecule has 0 amide bonds. The van der Waals surface area contributed by atoms with E-state index in [1.807, 2.05) is 0 Å². The van der Waals surface area contributed by atoms with Crippen LogP contribution in [0.2, 0.25) is 0 Å². The van der Waals surface area contributed by atoms with E-state index in [4.69, 9.17) is 21.3 Å². The average Bonchev–Trinajstić information content (AvgIpc) is 2.93. The minimum absolute atomic E-state index is 0.0320. The lowest BCUT2D eigenvalue weighted by Crippen LogP contribution is -2.32. The van der Waals surface area contributed by atoms with Crippen molar-refractivity contribution in [3.63, 3.8) is 0 Å². The number of hydrogen-bond acceptors (Lipinski definition) is 8. The third-order valence-corrected chi connectivity index (χ3v) is 3.46. The quantitative estimate of drug-likeness (QED) is 0.378. The number of aliphatic hydroxyl groups excluding tert-OH is 3. The van der Waals surface area contributed by atoms with E-state index in [1.165, 1.54) is 0 Å². The van der Waals surface area contributed by atoms with E-state index in [0.29, 0.717) is 16.6 Å². The van der Waals surface area contributed by atoms with E-state index < -0.39 is 31.0 Å². The normalized spacial score (nSPS) is 30.1. The van der Waals surface area contributed by atoms with Gasteiger partial charge in [-0.25, -0.2) is 0 Å². The summed E-state index contributed by atoms with van der Waals surface area (Å²) < 4.78 is 5.46. The minimum Gasteiger partial charge on any atom is -0.394 e. The Morgan fingerprint density at radius 2 is 2.00 bits per heavy atom. The first kappa shape index (κ1) is 13.1. The Morgan fingerprint density at radius 1 is 1.25 bits per heavy atom. The van der Waals surface area contributed by atoms with Gasteiger partial charge in [-0.15, -0.1) is 0 Å². The zero-order valence-electron chi connectivity index (χ0n) is 10.4. The molecule has 0 spiro atoms. The van der Waals surface area contributed by atoms with Gasteiger partial charge in [-0.2, -0.15) is 9.97 Å². The molecule has 1 saturated heterocycles. The maximum atomic E-state index is 10.0. The van der Waals surface area contributed by atoms with Crippen molar-refractivity contribution in [2.75, 3.05) is 18.1 Å². The van der Waals surface area contributed by atoms with E-state index in [9.17, 15) is 10.2 Å². The lowest BCUT2D eigenvalue weighted by molar-refractivity contribution is -0.0223. The van der Waals surface area contributed by atoms with Crippen molar-refractivity contribution in [3.8, 4) is 0 Å². The molecule has 3 rings (SSSR count). The summed E-state index contributed by atoms with van der Waals surface area (Å²) in [4.78, 5) is 10.7. The minimum atomic E-state index is -1.18. The molecule has 4 atom stereocenters. The van der Waals surface area contributed by atoms with Crippen molar-refractivity contribution < 1.29 is 20.1 Å². The molecule has 0 aromatic carbocycles. The molecule has 0 aliphatic carbocycles. The van der Waals surface area contributed by atoms with Crippen molar-refractivity contribution in [1.82, 2.24) is 15.0 Å². The second-order valence-corrected chi connectivity index (χ2v) is 4.69. The van der Waals surface area contributed by atoms with Crippen molar-refractivity contribution in [3.05, 3.63) is 11.8 Å². The summed E-state index contributed by atoms with van der Waals surface area (Å²) in [5.74, 6) is 0.186. The van der Waals surface area contributed by atoms with Crippen LogP contribution in [0.1, 0.15) is 11.7 Å². The summed E-state index contributed by atoms with van der Waals surface area (Å²) in [6, 6.07) is 0. The molecule has 0 radical (unpaired) electrons. The number of aromatic nitrogens is 3. The predicted molar refractivity (Wildman–Crippen MR) is 69.4 cm³/mol. The van der Waals surface area contributed by atoms with E-state index in [-0.39, 0.29) is 11.8 Å². The first-order chi connectivity index (χ1) is 9.52. The van der Waals surface area contributed by atoms with Crippen molar-refractivity contribution in [2.24, 2.45) is 0 Å². The Hall–Kier alpha value is -1.94. The molecule has 8 N–H and O–H groups in total. The number of aliphatic hydroxyl groups is 3. The molecule has 108 valence electrons. The van der Waals surface area contributed by atoms with Crippen LogP contribution < -0.4 is 11.5 Å². The highest BCUT2D eigenvalue weighted by molar-refractivity contribution is 5.90. The fraction of sp³-hybridized carbons (Fsp3) is 0.455. The number of nitrogens with one attached hydrogen (secondary N) is 1. The Labute approximate surface area is 113 Å². The van der Waals surface area contributed by atoms with E-state index in [0.717, 1.165) is 0 Å². The molecule has 0 unspecified atom stereocenters. The van der Waals surface area contributed by atoms with Crippen LogP contribution in [-0.2, 0) is 4.74 Å². The number of nitrogens with zero attached hydrogens (tertiary/aromatic N) is 2. The van der Waals surface area contributed by atoms with Gasteiger partial charge in [-0.05, 0) is 0 Å². The molecular formula is C11H15N5O4. The Bertz CT molecular complexity index is 645. The predicted octanol–water partition coefficient (Wildman–Crippen LogP) is -1.72. The van der Waals surface area contributed by atoms with Gasteiger partial charge in [0.1, 0.15) is 35.9 Å². The molecule has 2 aromatic rings. The van der Waals surface area contributed by atoms with Crippen molar-refractivity contribution >= 4 is 22.8 Å². The monoisotopic (exact) mass is 281 g/mol. The molecular weight excluding hydrogens is 266 g/mol. The Kier molecular flexibility index (Phi) is 2.98. The van der Waals surface area contributed by atoms with Crippen LogP contribution in [0.5, 0.6) is 0 Å². The fourth-order valence-corrected chi connectivity index (χ4v) is 2.48. The van der Waals surface area contributed by atoms with Gasteiger partial charge in [0.15, 0.2) is 0 Å². The molecule has 9 heteroatoms. The first-order valence-corrected chi connectivity index (χ1v) is 6.05. The molecule has 3 heterocycles. The zero-order chi connectivity index (χ0) is 14.4. The number of H-pyrrole nitrogens is 1. The largest absolute Gasteiger partial charge is 0.394 e. The lowest BCUT2D eigenvalue weighted by Gasteiger charge is -2.14. The second kappa shape index (κ2) is 4.56. The van der Waals surface area contributed by atoms with Gasteiger partial charge in [0.25, 0.3) is 0 Å². The highest BCUT2D eigenvalue weighted by Crippen LogP contribution is 2.38. The number of nitrogens with two attached hydrogens (primary N) is 2. The number of anilines is 2. The average molecular weight is 281 g/mol. The maximum Gasteiger partial charge on any atom is 0.223 e. The van der Waals surface area contributed by atoms with Gasteiger partial charge in [-0.1, -0.05) is 0 Å². The zero-order valence-corrected chi connectivity index (χ0v) is 10.4. The van der Waals surface area contributed by atoms with E-state index >= 15 is 0 Å². The number of hydrogen-bond donors (Lipinski definition) is 6. The topological polar surface area (TPSA) is 164 Å². The Morgan fingerprint density at radius 3 is 2.65 bits per heavy atom. The first-order valence-electron chi connectivity index (χ1n) is 6.05. The molecule has 0 saturated carbocycles. The van der Waals surface area contributed by atoms with Gasteiger partial charge < -0.3 is 36.5 Å². The van der Waals surface area contributed by atoms with Crippen LogP contribution in [0, 0.1) is 0 Å². The highest BCUT2D eigenvalue weighted by atomic mass is 16.6. The van der Waals surface area contributed by atoms with Crippen molar-refractivity contribution in [2.45, 2.75) is 24.4 Å². The second-order valence-electron chi connectivity index (χ2n) is 4.69. The molecule has 9 nitrogen and oxygen atoms in total. The number of aromatic amines is 1. The molecule has 0 bridgehead atoms. The van der Waals surface area contributed by atoms with E-state index in [1.54, 1.807) is 6.20 Å². The number of rotatable bonds is 2. The van der Waals surface area contributed by atoms with Crippen LogP contribution in [0.4, 0.5) is 11.8 Å². The SMILES string of the molecule is Nc1nc(N)c2c([C@@H]3O[C@H](CO)[C@@H](O)[C@@H]3O)c[nH]c2n1. The summed E-state index contributed by atoms with van der Waals surface area (Å²) in [6.45, 7) is -0.393. The third-order valence-electron chi connectivity index (χ3n) is 3.46. The summed E-state index contributed by atoms with van der Waals surface area (Å²) in [5.41, 5.74) is 12.3. The molecule has 2 aromatic heterocycles. The highest BCUT2D eigenvalue weighted by Gasteiger charge is 2.44. The number of ether oxygens (including phenoxy) is 1. The summed E-state index contributed by atoms with van der Waals surface area (Å²) in [6.07, 6.45) is -2.47. The molecule has 20 heavy (non-hydrogen) atoms. The van der Waals surface area contributed by atoms with Crippen LogP contribution in [0.15, 0.2) is 6.20 Å². The van der Waals surface area contributed by atoms with Crippen LogP contribution in [0.3, 0.4) is 0 Å². The number of fused-ring (bicyclic) bond motifs is 1.